The van der Waals surface area contributed by atoms with E-state index in [1.54, 1.807) is 6.07 Å². The van der Waals surface area contributed by atoms with Crippen LogP contribution in [0.15, 0.2) is 12.3 Å². The number of nitrogens with two attached hydrogens (primary N) is 1. The second-order valence-corrected chi connectivity index (χ2v) is 5.01. The van der Waals surface area contributed by atoms with Gasteiger partial charge in [0, 0.05) is 13.2 Å². The summed E-state index contributed by atoms with van der Waals surface area (Å²) in [7, 11) is -1.74. The number of hydrogen-bond donors (Lipinski definition) is 1. The van der Waals surface area contributed by atoms with Crippen LogP contribution in [-0.4, -0.2) is 36.0 Å². The molecule has 6 nitrogen and oxygen atoms in total. The van der Waals surface area contributed by atoms with Crippen LogP contribution < -0.4 is 5.73 Å². The van der Waals surface area contributed by atoms with Crippen LogP contribution in [-0.2, 0) is 16.6 Å². The van der Waals surface area contributed by atoms with Crippen LogP contribution in [0.1, 0.15) is 5.82 Å². The van der Waals surface area contributed by atoms with E-state index in [9.17, 15) is 8.42 Å². The molecular weight excluding hydrogens is 204 g/mol. The van der Waals surface area contributed by atoms with Crippen LogP contribution in [0, 0.1) is 0 Å². The van der Waals surface area contributed by atoms with Gasteiger partial charge < -0.3 is 5.73 Å². The molecule has 1 aromatic heterocycles. The highest BCUT2D eigenvalue weighted by Gasteiger charge is 2.12. The quantitative estimate of drug-likeness (QED) is 0.732. The van der Waals surface area contributed by atoms with Crippen molar-refractivity contribution < 1.29 is 8.42 Å². The average Bonchev–Trinajstić information content (AvgIpc) is 2.02. The summed E-state index contributed by atoms with van der Waals surface area (Å²) in [5.74, 6) is 0.717. The molecule has 0 saturated heterocycles. The monoisotopic (exact) mass is 216 g/mol. The Hall–Kier alpha value is -1.21. The Kier molecular flexibility index (Phi) is 3.02. The lowest BCUT2D eigenvalue weighted by atomic mass is 10.5. The highest BCUT2D eigenvalue weighted by molar-refractivity contribution is 7.88. The fourth-order valence-electron chi connectivity index (χ4n) is 0.807. The van der Waals surface area contributed by atoms with Gasteiger partial charge in [0.25, 0.3) is 0 Å². The maximum atomic E-state index is 11.1. The van der Waals surface area contributed by atoms with Crippen LogP contribution in [0.4, 0.5) is 5.82 Å². The summed E-state index contributed by atoms with van der Waals surface area (Å²) in [6.45, 7) is 0.129. The van der Waals surface area contributed by atoms with E-state index in [1.807, 2.05) is 0 Å². The second kappa shape index (κ2) is 3.89. The first-order chi connectivity index (χ1) is 6.39. The number of sulfonamides is 1. The molecule has 0 aliphatic carbocycles. The number of rotatable bonds is 3. The lowest BCUT2D eigenvalue weighted by Gasteiger charge is -2.12. The summed E-state index contributed by atoms with van der Waals surface area (Å²) < 4.78 is 23.3. The molecule has 0 aliphatic heterocycles. The molecule has 7 heteroatoms. The van der Waals surface area contributed by atoms with Crippen LogP contribution in [0.3, 0.4) is 0 Å². The van der Waals surface area contributed by atoms with E-state index >= 15 is 0 Å². The zero-order valence-electron chi connectivity index (χ0n) is 8.01. The number of hydrogen-bond acceptors (Lipinski definition) is 5. The van der Waals surface area contributed by atoms with E-state index in [4.69, 9.17) is 5.73 Å². The summed E-state index contributed by atoms with van der Waals surface area (Å²) in [5, 5.41) is 0. The number of anilines is 1. The summed E-state index contributed by atoms with van der Waals surface area (Å²) in [4.78, 5) is 7.78. The van der Waals surface area contributed by atoms with Crippen molar-refractivity contribution in [3.8, 4) is 0 Å². The summed E-state index contributed by atoms with van der Waals surface area (Å²) in [5.41, 5.74) is 5.42. The van der Waals surface area contributed by atoms with Crippen molar-refractivity contribution in [2.45, 2.75) is 6.54 Å². The van der Waals surface area contributed by atoms with Crippen molar-refractivity contribution >= 4 is 15.8 Å². The Morgan fingerprint density at radius 1 is 1.57 bits per heavy atom. The minimum atomic E-state index is -3.20. The van der Waals surface area contributed by atoms with E-state index in [-0.39, 0.29) is 6.54 Å². The van der Waals surface area contributed by atoms with Gasteiger partial charge in [-0.15, -0.1) is 0 Å². The first-order valence-corrected chi connectivity index (χ1v) is 5.73. The molecule has 0 unspecified atom stereocenters. The van der Waals surface area contributed by atoms with E-state index in [2.05, 4.69) is 9.97 Å². The van der Waals surface area contributed by atoms with Gasteiger partial charge in [-0.25, -0.2) is 18.4 Å². The van der Waals surface area contributed by atoms with Gasteiger partial charge in [0.1, 0.15) is 11.6 Å². The van der Waals surface area contributed by atoms with E-state index in [0.29, 0.717) is 11.6 Å². The molecule has 0 amide bonds. The molecule has 0 radical (unpaired) electrons. The molecule has 1 heterocycles. The van der Waals surface area contributed by atoms with Crippen molar-refractivity contribution in [1.29, 1.82) is 0 Å². The fourth-order valence-corrected chi connectivity index (χ4v) is 1.16. The molecule has 0 bridgehead atoms. The first-order valence-electron chi connectivity index (χ1n) is 3.88. The van der Waals surface area contributed by atoms with Gasteiger partial charge in [-0.3, -0.25) is 0 Å². The van der Waals surface area contributed by atoms with Gasteiger partial charge in [0.2, 0.25) is 10.0 Å². The van der Waals surface area contributed by atoms with Crippen LogP contribution in [0.2, 0.25) is 0 Å². The molecule has 0 spiro atoms. The minimum Gasteiger partial charge on any atom is -0.384 e. The Bertz CT molecular complexity index is 417. The Labute approximate surface area is 82.8 Å². The molecule has 1 rings (SSSR count). The number of nitrogen functional groups attached to an aromatic ring is 1. The Morgan fingerprint density at radius 2 is 2.21 bits per heavy atom. The van der Waals surface area contributed by atoms with Gasteiger partial charge in [0.15, 0.2) is 0 Å². The van der Waals surface area contributed by atoms with Gasteiger partial charge in [-0.1, -0.05) is 0 Å². The van der Waals surface area contributed by atoms with Crippen LogP contribution >= 0.6 is 0 Å². The SMILES string of the molecule is CN(Cc1nccc(N)n1)S(C)(=O)=O. The van der Waals surface area contributed by atoms with E-state index < -0.39 is 10.0 Å². The first kappa shape index (κ1) is 10.9. The predicted octanol–water partition coefficient (Wildman–Crippen LogP) is -0.550. The third-order valence-electron chi connectivity index (χ3n) is 1.66. The molecular formula is C7H12N4O2S. The lowest BCUT2D eigenvalue weighted by molar-refractivity contribution is 0.462. The number of aromatic nitrogens is 2. The molecule has 0 aliphatic rings. The summed E-state index contributed by atoms with van der Waals surface area (Å²) in [6, 6.07) is 1.55. The van der Waals surface area contributed by atoms with Crippen molar-refractivity contribution in [3.05, 3.63) is 18.1 Å². The Morgan fingerprint density at radius 3 is 2.71 bits per heavy atom. The summed E-state index contributed by atoms with van der Waals surface area (Å²) >= 11 is 0. The molecule has 0 saturated carbocycles. The van der Waals surface area contributed by atoms with Gasteiger partial charge in [-0.2, -0.15) is 4.31 Å². The smallest absolute Gasteiger partial charge is 0.211 e. The molecule has 78 valence electrons. The average molecular weight is 216 g/mol. The molecule has 1 aromatic rings. The molecule has 0 fully saturated rings. The van der Waals surface area contributed by atoms with Crippen LogP contribution in [0.5, 0.6) is 0 Å². The van der Waals surface area contributed by atoms with Gasteiger partial charge in [0.05, 0.1) is 12.8 Å². The van der Waals surface area contributed by atoms with Crippen molar-refractivity contribution in [3.63, 3.8) is 0 Å². The largest absolute Gasteiger partial charge is 0.384 e. The highest BCUT2D eigenvalue weighted by Crippen LogP contribution is 2.02. The maximum absolute atomic E-state index is 11.1. The maximum Gasteiger partial charge on any atom is 0.211 e. The lowest BCUT2D eigenvalue weighted by Crippen LogP contribution is -2.26. The fraction of sp³-hybridized carbons (Fsp3) is 0.429. The third-order valence-corrected chi connectivity index (χ3v) is 2.92. The highest BCUT2D eigenvalue weighted by atomic mass is 32.2. The standard InChI is InChI=1S/C7H12N4O2S/c1-11(14(2,12)13)5-7-9-4-3-6(8)10-7/h3-4H,5H2,1-2H3,(H2,8,9,10). The molecule has 2 N–H and O–H groups in total. The zero-order valence-corrected chi connectivity index (χ0v) is 8.82. The zero-order chi connectivity index (χ0) is 10.8. The topological polar surface area (TPSA) is 89.2 Å². The third kappa shape index (κ3) is 2.93. The van der Waals surface area contributed by atoms with Crippen LogP contribution in [0.25, 0.3) is 0 Å². The minimum absolute atomic E-state index is 0.129. The normalized spacial score (nSPS) is 11.9. The molecule has 0 atom stereocenters. The van der Waals surface area contributed by atoms with Gasteiger partial charge in [-0.05, 0) is 6.07 Å². The Balaban J connectivity index is 2.80. The predicted molar refractivity (Wildman–Crippen MR) is 52.8 cm³/mol. The van der Waals surface area contributed by atoms with E-state index in [0.717, 1.165) is 10.6 Å². The summed E-state index contributed by atoms with van der Waals surface area (Å²) in [6.07, 6.45) is 2.62. The van der Waals surface area contributed by atoms with Gasteiger partial charge >= 0.3 is 0 Å². The molecule has 0 aromatic carbocycles. The van der Waals surface area contributed by atoms with Crippen molar-refractivity contribution in [1.82, 2.24) is 14.3 Å². The molecule has 14 heavy (non-hydrogen) atoms. The van der Waals surface area contributed by atoms with Crippen molar-refractivity contribution in [2.24, 2.45) is 0 Å². The van der Waals surface area contributed by atoms with Crippen molar-refractivity contribution in [2.75, 3.05) is 19.0 Å². The number of nitrogens with zero attached hydrogens (tertiary/aromatic N) is 3. The van der Waals surface area contributed by atoms with E-state index in [1.165, 1.54) is 13.2 Å². The second-order valence-electron chi connectivity index (χ2n) is 2.92.